The van der Waals surface area contributed by atoms with Crippen molar-refractivity contribution in [2.24, 2.45) is 4.99 Å². The van der Waals surface area contributed by atoms with E-state index in [9.17, 15) is 18.4 Å². The number of aromatic nitrogens is 1. The number of esters is 1. The molecule has 0 unspecified atom stereocenters. The number of benzene rings is 2. The molecule has 0 bridgehead atoms. The van der Waals surface area contributed by atoms with E-state index >= 15 is 0 Å². The third kappa shape index (κ3) is 5.40. The Labute approximate surface area is 222 Å². The monoisotopic (exact) mass is 542 g/mol. The summed E-state index contributed by atoms with van der Waals surface area (Å²) in [5.74, 6) is -0.210. The van der Waals surface area contributed by atoms with Crippen LogP contribution in [0.5, 0.6) is 11.5 Å². The van der Waals surface area contributed by atoms with Crippen molar-refractivity contribution in [3.63, 3.8) is 0 Å². The van der Waals surface area contributed by atoms with Crippen LogP contribution in [-0.4, -0.2) is 30.9 Å². The lowest BCUT2D eigenvalue weighted by Crippen LogP contribution is -2.39. The molecule has 7 nitrogen and oxygen atoms in total. The summed E-state index contributed by atoms with van der Waals surface area (Å²) in [5.41, 5.74) is 2.88. The van der Waals surface area contributed by atoms with Gasteiger partial charge in [0, 0.05) is 0 Å². The number of carbonyl (C=O) groups excluding carboxylic acids is 1. The normalized spacial score (nSPS) is 15.5. The Morgan fingerprint density at radius 1 is 1.16 bits per heavy atom. The molecule has 1 aliphatic heterocycles. The maximum absolute atomic E-state index is 13.7. The number of hydrogen-bond donors (Lipinski definition) is 0. The third-order valence-corrected chi connectivity index (χ3v) is 7.12. The fourth-order valence-electron chi connectivity index (χ4n) is 4.29. The number of allylic oxidation sites excluding steroid dienone is 1. The molecule has 0 saturated heterocycles. The molecule has 0 fully saturated rings. The zero-order chi connectivity index (χ0) is 27.6. The molecule has 0 aliphatic carbocycles. The molecule has 200 valence electrons. The van der Waals surface area contributed by atoms with Gasteiger partial charge < -0.3 is 14.2 Å². The zero-order valence-corrected chi connectivity index (χ0v) is 22.5. The Morgan fingerprint density at radius 3 is 2.47 bits per heavy atom. The predicted molar refractivity (Wildman–Crippen MR) is 141 cm³/mol. The first-order valence-corrected chi connectivity index (χ1v) is 12.9. The van der Waals surface area contributed by atoms with Gasteiger partial charge in [0.25, 0.3) is 5.56 Å². The number of alkyl halides is 2. The number of ether oxygens (including phenoxy) is 3. The van der Waals surface area contributed by atoms with Gasteiger partial charge in [-0.25, -0.2) is 9.79 Å². The Morgan fingerprint density at radius 2 is 1.87 bits per heavy atom. The summed E-state index contributed by atoms with van der Waals surface area (Å²) in [6.45, 7) is 4.82. The first-order valence-electron chi connectivity index (χ1n) is 12.1. The maximum Gasteiger partial charge on any atom is 0.387 e. The highest BCUT2D eigenvalue weighted by Gasteiger charge is 2.33. The summed E-state index contributed by atoms with van der Waals surface area (Å²) >= 11 is 1.17. The van der Waals surface area contributed by atoms with Crippen molar-refractivity contribution in [1.82, 2.24) is 4.57 Å². The molecule has 3 aromatic rings. The van der Waals surface area contributed by atoms with Gasteiger partial charge in [0.2, 0.25) is 0 Å². The molecule has 1 aliphatic rings. The van der Waals surface area contributed by atoms with Crippen molar-refractivity contribution >= 4 is 23.4 Å². The van der Waals surface area contributed by atoms with Gasteiger partial charge in [-0.2, -0.15) is 8.78 Å². The third-order valence-electron chi connectivity index (χ3n) is 6.14. The van der Waals surface area contributed by atoms with E-state index in [2.05, 4.69) is 23.6 Å². The molecule has 1 aromatic heterocycles. The van der Waals surface area contributed by atoms with Crippen LogP contribution in [-0.2, 0) is 9.53 Å². The highest BCUT2D eigenvalue weighted by molar-refractivity contribution is 7.07. The first kappa shape index (κ1) is 27.3. The lowest BCUT2D eigenvalue weighted by molar-refractivity contribution is -0.139. The van der Waals surface area contributed by atoms with E-state index in [1.165, 1.54) is 35.1 Å². The lowest BCUT2D eigenvalue weighted by Gasteiger charge is -2.25. The molecular formula is C28H28F2N2O5S. The smallest absolute Gasteiger partial charge is 0.387 e. The number of nitrogens with zero attached hydrogens (tertiary/aromatic N) is 2. The van der Waals surface area contributed by atoms with E-state index in [-0.39, 0.29) is 23.7 Å². The molecule has 38 heavy (non-hydrogen) atoms. The van der Waals surface area contributed by atoms with Gasteiger partial charge in [0.05, 0.1) is 35.6 Å². The van der Waals surface area contributed by atoms with Crippen LogP contribution >= 0.6 is 11.3 Å². The molecule has 0 radical (unpaired) electrons. The lowest BCUT2D eigenvalue weighted by atomic mass is 9.93. The Hall–Kier alpha value is -3.79. The molecule has 4 rings (SSSR count). The molecule has 10 heteroatoms. The number of methoxy groups -OCH3 is 1. The van der Waals surface area contributed by atoms with Crippen LogP contribution in [0.2, 0.25) is 0 Å². The molecule has 0 spiro atoms. The average Bonchev–Trinajstić information content (AvgIpc) is 3.18. The van der Waals surface area contributed by atoms with E-state index in [0.717, 1.165) is 11.1 Å². The summed E-state index contributed by atoms with van der Waals surface area (Å²) < 4.78 is 42.3. The highest BCUT2D eigenvalue weighted by atomic mass is 32.1. The molecule has 0 amide bonds. The fraction of sp³-hybridized carbons (Fsp3) is 0.321. The number of rotatable bonds is 8. The Bertz CT molecular complexity index is 1560. The van der Waals surface area contributed by atoms with Crippen LogP contribution in [0, 0.1) is 0 Å². The second kappa shape index (κ2) is 11.3. The van der Waals surface area contributed by atoms with E-state index < -0.39 is 18.6 Å². The summed E-state index contributed by atoms with van der Waals surface area (Å²) in [4.78, 5) is 31.8. The topological polar surface area (TPSA) is 79.1 Å². The first-order chi connectivity index (χ1) is 18.1. The molecule has 2 heterocycles. The van der Waals surface area contributed by atoms with Gasteiger partial charge in [-0.15, -0.1) is 0 Å². The second-order valence-electron chi connectivity index (χ2n) is 8.91. The largest absolute Gasteiger partial charge is 0.493 e. The number of carbonyl (C=O) groups is 1. The highest BCUT2D eigenvalue weighted by Crippen LogP contribution is 2.32. The quantitative estimate of drug-likeness (QED) is 0.391. The summed E-state index contributed by atoms with van der Waals surface area (Å²) in [7, 11) is 1.34. The minimum Gasteiger partial charge on any atom is -0.493 e. The van der Waals surface area contributed by atoms with Gasteiger partial charge >= 0.3 is 12.6 Å². The van der Waals surface area contributed by atoms with Crippen molar-refractivity contribution < 1.29 is 27.8 Å². The summed E-state index contributed by atoms with van der Waals surface area (Å²) in [6, 6.07) is 11.5. The average molecular weight is 543 g/mol. The minimum atomic E-state index is -3.00. The van der Waals surface area contributed by atoms with Crippen molar-refractivity contribution in [1.29, 1.82) is 0 Å². The number of fused-ring (bicyclic) bond motifs is 1. The Kier molecular flexibility index (Phi) is 8.11. The number of thiazole rings is 1. The SMILES string of the molecule is CCOC(=O)C1=C(C)N=c2s/c(=C/c3ccc(OC(F)F)c(OC)c3)c(=O)n2[C@@H]1c1ccc(C(C)C)cc1. The molecule has 2 aromatic carbocycles. The van der Waals surface area contributed by atoms with Crippen molar-refractivity contribution in [2.45, 2.75) is 46.3 Å². The maximum atomic E-state index is 13.7. The van der Waals surface area contributed by atoms with Crippen LogP contribution in [0.25, 0.3) is 6.08 Å². The van der Waals surface area contributed by atoms with E-state index in [0.29, 0.717) is 32.1 Å². The van der Waals surface area contributed by atoms with Crippen molar-refractivity contribution in [3.8, 4) is 11.5 Å². The van der Waals surface area contributed by atoms with Crippen LogP contribution < -0.4 is 24.4 Å². The van der Waals surface area contributed by atoms with Gasteiger partial charge in [-0.3, -0.25) is 9.36 Å². The summed E-state index contributed by atoms with van der Waals surface area (Å²) in [6.07, 6.45) is 1.63. The number of hydrogen-bond acceptors (Lipinski definition) is 7. The fourth-order valence-corrected chi connectivity index (χ4v) is 5.34. The van der Waals surface area contributed by atoms with Crippen molar-refractivity contribution in [2.75, 3.05) is 13.7 Å². The van der Waals surface area contributed by atoms with Gasteiger partial charge in [0.15, 0.2) is 16.3 Å². The van der Waals surface area contributed by atoms with Crippen LogP contribution in [0.15, 0.2) is 63.5 Å². The van der Waals surface area contributed by atoms with Crippen LogP contribution in [0.3, 0.4) is 0 Å². The summed E-state index contributed by atoms with van der Waals surface area (Å²) in [5, 5.41) is 0. The van der Waals surface area contributed by atoms with Crippen molar-refractivity contribution in [3.05, 3.63) is 90.1 Å². The minimum absolute atomic E-state index is 0.107. The molecule has 0 N–H and O–H groups in total. The van der Waals surface area contributed by atoms with Gasteiger partial charge in [-0.1, -0.05) is 55.5 Å². The van der Waals surface area contributed by atoms with E-state index in [1.807, 2.05) is 24.3 Å². The standard InChI is InChI=1S/C28H28F2N2O5S/c1-6-36-26(34)23-16(4)31-28-32(24(23)19-10-8-18(9-11-19)15(2)3)25(33)22(38-28)14-17-7-12-20(37-27(29)30)21(13-17)35-5/h7-15,24,27H,6H2,1-5H3/b22-14+/t24-/m1/s1. The molecular weight excluding hydrogens is 514 g/mol. The van der Waals surface area contributed by atoms with E-state index in [4.69, 9.17) is 9.47 Å². The Balaban J connectivity index is 1.87. The van der Waals surface area contributed by atoms with E-state index in [1.54, 1.807) is 26.0 Å². The van der Waals surface area contributed by atoms with Gasteiger partial charge in [0.1, 0.15) is 0 Å². The van der Waals surface area contributed by atoms with Gasteiger partial charge in [-0.05, 0) is 54.7 Å². The molecule has 0 saturated carbocycles. The zero-order valence-electron chi connectivity index (χ0n) is 21.7. The molecule has 1 atom stereocenters. The van der Waals surface area contributed by atoms with Crippen LogP contribution in [0.4, 0.5) is 8.78 Å². The predicted octanol–water partition coefficient (Wildman–Crippen LogP) is 4.53. The second-order valence-corrected chi connectivity index (χ2v) is 9.92. The number of halogens is 2. The van der Waals surface area contributed by atoms with Crippen LogP contribution in [0.1, 0.15) is 56.3 Å².